The van der Waals surface area contributed by atoms with Gasteiger partial charge in [0.05, 0.1) is 5.69 Å². The number of aromatic nitrogens is 1. The fourth-order valence-electron chi connectivity index (χ4n) is 2.23. The molecule has 0 spiro atoms. The van der Waals surface area contributed by atoms with E-state index in [2.05, 4.69) is 4.98 Å². The monoisotopic (exact) mass is 362 g/mol. The van der Waals surface area contributed by atoms with Crippen LogP contribution in [0.1, 0.15) is 20.9 Å². The van der Waals surface area contributed by atoms with Gasteiger partial charge in [-0.1, -0.05) is 29.8 Å². The smallest absolute Gasteiger partial charge is 0.265 e. The number of thiophene rings is 1. The van der Waals surface area contributed by atoms with E-state index in [0.29, 0.717) is 16.4 Å². The van der Waals surface area contributed by atoms with Gasteiger partial charge in [0.15, 0.2) is 0 Å². The Hall–Kier alpha value is -1.69. The Morgan fingerprint density at radius 2 is 2.09 bits per heavy atom. The maximum Gasteiger partial charge on any atom is 0.265 e. The molecule has 118 valence electrons. The summed E-state index contributed by atoms with van der Waals surface area (Å²) in [4.78, 5) is 19.6. The minimum Gasteiger partial charge on any atom is -0.337 e. The van der Waals surface area contributed by atoms with E-state index in [0.717, 1.165) is 21.8 Å². The zero-order valence-corrected chi connectivity index (χ0v) is 15.1. The van der Waals surface area contributed by atoms with Gasteiger partial charge in [0.1, 0.15) is 9.88 Å². The molecule has 0 aliphatic rings. The second-order valence-electron chi connectivity index (χ2n) is 5.20. The van der Waals surface area contributed by atoms with Crippen LogP contribution in [0, 0.1) is 6.92 Å². The van der Waals surface area contributed by atoms with Crippen LogP contribution in [0.3, 0.4) is 0 Å². The molecule has 3 nitrogen and oxygen atoms in total. The molecule has 0 aliphatic heterocycles. The molecule has 1 aromatic carbocycles. The second-order valence-corrected chi connectivity index (χ2v) is 7.38. The summed E-state index contributed by atoms with van der Waals surface area (Å²) in [5, 5.41) is 5.61. The van der Waals surface area contributed by atoms with Crippen molar-refractivity contribution in [3.63, 3.8) is 0 Å². The first-order valence-corrected chi connectivity index (χ1v) is 9.19. The highest BCUT2D eigenvalue weighted by Crippen LogP contribution is 2.30. The van der Waals surface area contributed by atoms with Crippen molar-refractivity contribution in [3.05, 3.63) is 62.2 Å². The Morgan fingerprint density at radius 1 is 1.30 bits per heavy atom. The number of aryl methyl sites for hydroxylation is 1. The Kier molecular flexibility index (Phi) is 4.80. The third-order valence-corrected chi connectivity index (χ3v) is 5.72. The molecular formula is C17H15ClN2OS2. The van der Waals surface area contributed by atoms with Crippen LogP contribution in [-0.2, 0) is 6.54 Å². The summed E-state index contributed by atoms with van der Waals surface area (Å²) in [5.41, 5.74) is 2.77. The third kappa shape index (κ3) is 3.47. The van der Waals surface area contributed by atoms with Gasteiger partial charge in [-0.2, -0.15) is 11.3 Å². The quantitative estimate of drug-likeness (QED) is 0.646. The fourth-order valence-corrected chi connectivity index (χ4v) is 4.20. The summed E-state index contributed by atoms with van der Waals surface area (Å²) in [6, 6.07) is 9.59. The van der Waals surface area contributed by atoms with E-state index in [1.54, 1.807) is 23.3 Å². The number of hydrogen-bond donors (Lipinski definition) is 0. The van der Waals surface area contributed by atoms with Crippen LogP contribution in [0.15, 0.2) is 41.1 Å². The van der Waals surface area contributed by atoms with Gasteiger partial charge in [0.25, 0.3) is 5.91 Å². The molecule has 0 saturated heterocycles. The summed E-state index contributed by atoms with van der Waals surface area (Å²) >= 11 is 9.24. The molecule has 0 saturated carbocycles. The van der Waals surface area contributed by atoms with E-state index in [1.807, 2.05) is 48.0 Å². The van der Waals surface area contributed by atoms with E-state index >= 15 is 0 Å². The lowest BCUT2D eigenvalue weighted by molar-refractivity contribution is 0.0789. The molecule has 23 heavy (non-hydrogen) atoms. The normalized spacial score (nSPS) is 10.7. The molecule has 3 rings (SSSR count). The van der Waals surface area contributed by atoms with E-state index < -0.39 is 0 Å². The Bertz CT molecular complexity index is 827. The Balaban J connectivity index is 1.81. The first-order chi connectivity index (χ1) is 11.1. The summed E-state index contributed by atoms with van der Waals surface area (Å²) in [6.45, 7) is 2.35. The number of nitrogens with zero attached hydrogens (tertiary/aromatic N) is 2. The van der Waals surface area contributed by atoms with Gasteiger partial charge in [-0.3, -0.25) is 4.79 Å². The molecular weight excluding hydrogens is 348 g/mol. The summed E-state index contributed by atoms with van der Waals surface area (Å²) in [5.74, 6) is -0.0265. The summed E-state index contributed by atoms with van der Waals surface area (Å²) in [6.07, 6.45) is 0. The second kappa shape index (κ2) is 6.83. The van der Waals surface area contributed by atoms with Crippen molar-refractivity contribution in [2.45, 2.75) is 13.5 Å². The van der Waals surface area contributed by atoms with Crippen molar-refractivity contribution in [1.82, 2.24) is 9.88 Å². The van der Waals surface area contributed by atoms with Crippen molar-refractivity contribution in [3.8, 4) is 10.6 Å². The number of rotatable bonds is 4. The largest absolute Gasteiger partial charge is 0.337 e. The highest BCUT2D eigenvalue weighted by molar-refractivity contribution is 7.17. The van der Waals surface area contributed by atoms with Crippen molar-refractivity contribution in [1.29, 1.82) is 0 Å². The lowest BCUT2D eigenvalue weighted by Gasteiger charge is -2.17. The number of thiazole rings is 1. The fraction of sp³-hybridized carbons (Fsp3) is 0.176. The molecule has 3 aromatic rings. The van der Waals surface area contributed by atoms with Crippen LogP contribution in [0.2, 0.25) is 5.02 Å². The molecule has 2 aromatic heterocycles. The molecule has 0 N–H and O–H groups in total. The van der Waals surface area contributed by atoms with E-state index in [-0.39, 0.29) is 5.91 Å². The molecule has 6 heteroatoms. The van der Waals surface area contributed by atoms with Gasteiger partial charge in [0, 0.05) is 29.6 Å². The number of halogens is 1. The van der Waals surface area contributed by atoms with Gasteiger partial charge in [0.2, 0.25) is 0 Å². The van der Waals surface area contributed by atoms with E-state index in [1.165, 1.54) is 11.3 Å². The Labute approximate surface area is 148 Å². The predicted octanol–water partition coefficient (Wildman–Crippen LogP) is 5.11. The molecule has 0 aliphatic carbocycles. The highest BCUT2D eigenvalue weighted by atomic mass is 35.5. The minimum absolute atomic E-state index is 0.0265. The lowest BCUT2D eigenvalue weighted by atomic mass is 10.2. The predicted molar refractivity (Wildman–Crippen MR) is 97.4 cm³/mol. The van der Waals surface area contributed by atoms with Crippen LogP contribution < -0.4 is 0 Å². The number of amides is 1. The van der Waals surface area contributed by atoms with Crippen LogP contribution in [-0.4, -0.2) is 22.8 Å². The highest BCUT2D eigenvalue weighted by Gasteiger charge is 2.20. The summed E-state index contributed by atoms with van der Waals surface area (Å²) in [7, 11) is 1.79. The first-order valence-electron chi connectivity index (χ1n) is 7.05. The van der Waals surface area contributed by atoms with Crippen molar-refractivity contribution in [2.75, 3.05) is 7.05 Å². The lowest BCUT2D eigenvalue weighted by Crippen LogP contribution is -2.26. The van der Waals surface area contributed by atoms with Crippen LogP contribution >= 0.6 is 34.3 Å². The average Bonchev–Trinajstić information content (AvgIpc) is 3.18. The van der Waals surface area contributed by atoms with Crippen LogP contribution in [0.4, 0.5) is 0 Å². The van der Waals surface area contributed by atoms with Crippen LogP contribution in [0.5, 0.6) is 0 Å². The average molecular weight is 363 g/mol. The molecule has 0 atom stereocenters. The van der Waals surface area contributed by atoms with Gasteiger partial charge in [-0.15, -0.1) is 11.3 Å². The molecule has 0 unspecified atom stereocenters. The minimum atomic E-state index is -0.0265. The molecule has 2 heterocycles. The summed E-state index contributed by atoms with van der Waals surface area (Å²) < 4.78 is 0. The topological polar surface area (TPSA) is 33.2 Å². The Morgan fingerprint density at radius 3 is 2.78 bits per heavy atom. The van der Waals surface area contributed by atoms with E-state index in [9.17, 15) is 4.79 Å². The first kappa shape index (κ1) is 16.2. The zero-order valence-electron chi connectivity index (χ0n) is 12.7. The molecule has 0 bridgehead atoms. The van der Waals surface area contributed by atoms with Crippen molar-refractivity contribution >= 4 is 40.2 Å². The van der Waals surface area contributed by atoms with Gasteiger partial charge < -0.3 is 4.90 Å². The standard InChI is InChI=1S/C17H15ClN2OS2/c1-11-15(23-16(19-11)13-7-8-22-10-13)17(21)20(2)9-12-5-3-4-6-14(12)18/h3-8,10H,9H2,1-2H3. The maximum atomic E-state index is 12.7. The van der Waals surface area contributed by atoms with Crippen molar-refractivity contribution < 1.29 is 4.79 Å². The third-order valence-electron chi connectivity index (χ3n) is 3.47. The SMILES string of the molecule is Cc1nc(-c2ccsc2)sc1C(=O)N(C)Cc1ccccc1Cl. The number of carbonyl (C=O) groups excluding carboxylic acids is 1. The van der Waals surface area contributed by atoms with Gasteiger partial charge in [-0.05, 0) is 30.0 Å². The molecule has 1 amide bonds. The van der Waals surface area contributed by atoms with Crippen molar-refractivity contribution in [2.24, 2.45) is 0 Å². The zero-order chi connectivity index (χ0) is 16.4. The molecule has 0 radical (unpaired) electrons. The van der Waals surface area contributed by atoms with E-state index in [4.69, 9.17) is 11.6 Å². The maximum absolute atomic E-state index is 12.7. The van der Waals surface area contributed by atoms with Gasteiger partial charge in [-0.25, -0.2) is 4.98 Å². The number of carbonyl (C=O) groups is 1. The number of benzene rings is 1. The van der Waals surface area contributed by atoms with Gasteiger partial charge >= 0.3 is 0 Å². The number of hydrogen-bond acceptors (Lipinski definition) is 4. The molecule has 0 fully saturated rings. The van der Waals surface area contributed by atoms with Crippen LogP contribution in [0.25, 0.3) is 10.6 Å².